The summed E-state index contributed by atoms with van der Waals surface area (Å²) in [6.07, 6.45) is 2.90. The molecule has 2 N–H and O–H groups in total. The molecule has 0 aromatic rings. The standard InChI is InChI=1S/C12H23NO4/c1-10(5-6-12(15)16)7-8-13-11(14)4-3-9-17-2/h10H,3-9H2,1-2H3,(H,13,14)(H,15,16). The maximum absolute atomic E-state index is 11.3. The fourth-order valence-electron chi connectivity index (χ4n) is 1.44. The molecule has 5 nitrogen and oxygen atoms in total. The summed E-state index contributed by atoms with van der Waals surface area (Å²) in [6.45, 7) is 3.22. The van der Waals surface area contributed by atoms with E-state index in [1.165, 1.54) is 0 Å². The highest BCUT2D eigenvalue weighted by Gasteiger charge is 2.06. The van der Waals surface area contributed by atoms with Crippen LogP contribution in [-0.4, -0.2) is 37.2 Å². The summed E-state index contributed by atoms with van der Waals surface area (Å²) < 4.78 is 4.85. The van der Waals surface area contributed by atoms with E-state index in [4.69, 9.17) is 9.84 Å². The van der Waals surface area contributed by atoms with E-state index in [2.05, 4.69) is 5.32 Å². The third-order valence-electron chi connectivity index (χ3n) is 2.56. The number of carboxylic acids is 1. The molecule has 17 heavy (non-hydrogen) atoms. The van der Waals surface area contributed by atoms with Gasteiger partial charge in [-0.2, -0.15) is 0 Å². The van der Waals surface area contributed by atoms with Gasteiger partial charge in [-0.1, -0.05) is 6.92 Å². The molecule has 0 aromatic carbocycles. The number of carboxylic acid groups (broad SMARTS) is 1. The second-order valence-corrected chi connectivity index (χ2v) is 4.27. The van der Waals surface area contributed by atoms with Gasteiger partial charge in [0.15, 0.2) is 0 Å². The third-order valence-corrected chi connectivity index (χ3v) is 2.56. The van der Waals surface area contributed by atoms with Crippen LogP contribution in [0.1, 0.15) is 39.0 Å². The normalized spacial score (nSPS) is 12.1. The van der Waals surface area contributed by atoms with Gasteiger partial charge in [0.05, 0.1) is 0 Å². The number of hydrogen-bond acceptors (Lipinski definition) is 3. The second-order valence-electron chi connectivity index (χ2n) is 4.27. The molecule has 1 atom stereocenters. The summed E-state index contributed by atoms with van der Waals surface area (Å²) in [6, 6.07) is 0. The van der Waals surface area contributed by atoms with Gasteiger partial charge in [-0.15, -0.1) is 0 Å². The Balaban J connectivity index is 3.42. The Morgan fingerprint density at radius 2 is 2.00 bits per heavy atom. The summed E-state index contributed by atoms with van der Waals surface area (Å²) in [7, 11) is 1.61. The van der Waals surface area contributed by atoms with Crippen LogP contribution in [0.5, 0.6) is 0 Å². The molecule has 0 aromatic heterocycles. The van der Waals surface area contributed by atoms with E-state index in [1.54, 1.807) is 7.11 Å². The van der Waals surface area contributed by atoms with Gasteiger partial charge in [-0.05, 0) is 25.2 Å². The first kappa shape index (κ1) is 15.9. The zero-order valence-corrected chi connectivity index (χ0v) is 10.7. The van der Waals surface area contributed by atoms with E-state index in [-0.39, 0.29) is 12.3 Å². The maximum Gasteiger partial charge on any atom is 0.303 e. The lowest BCUT2D eigenvalue weighted by atomic mass is 10.0. The summed E-state index contributed by atoms with van der Waals surface area (Å²) in [4.78, 5) is 21.7. The summed E-state index contributed by atoms with van der Waals surface area (Å²) >= 11 is 0. The fraction of sp³-hybridized carbons (Fsp3) is 0.833. The minimum atomic E-state index is -0.763. The zero-order chi connectivity index (χ0) is 13.1. The Hall–Kier alpha value is -1.10. The van der Waals surface area contributed by atoms with Crippen LogP contribution in [0.3, 0.4) is 0 Å². The molecule has 0 fully saturated rings. The van der Waals surface area contributed by atoms with E-state index in [0.717, 1.165) is 12.8 Å². The number of hydrogen-bond donors (Lipinski definition) is 2. The Kier molecular flexibility index (Phi) is 9.43. The molecular weight excluding hydrogens is 222 g/mol. The third kappa shape index (κ3) is 11.2. The van der Waals surface area contributed by atoms with Crippen molar-refractivity contribution in [2.24, 2.45) is 5.92 Å². The minimum absolute atomic E-state index is 0.0347. The molecule has 0 aliphatic rings. The molecule has 0 saturated carbocycles. The van der Waals surface area contributed by atoms with Crippen molar-refractivity contribution >= 4 is 11.9 Å². The molecule has 0 aliphatic heterocycles. The van der Waals surface area contributed by atoms with Gasteiger partial charge in [0.1, 0.15) is 0 Å². The van der Waals surface area contributed by atoms with Gasteiger partial charge in [0.25, 0.3) is 0 Å². The van der Waals surface area contributed by atoms with Crippen LogP contribution < -0.4 is 5.32 Å². The summed E-state index contributed by atoms with van der Waals surface area (Å²) in [5, 5.41) is 11.3. The monoisotopic (exact) mass is 245 g/mol. The van der Waals surface area contributed by atoms with Crippen LogP contribution in [0, 0.1) is 5.92 Å². The molecule has 0 radical (unpaired) electrons. The van der Waals surface area contributed by atoms with Crippen LogP contribution in [0.25, 0.3) is 0 Å². The average Bonchev–Trinajstić information content (AvgIpc) is 2.27. The van der Waals surface area contributed by atoms with Gasteiger partial charge in [-0.25, -0.2) is 0 Å². The second kappa shape index (κ2) is 10.1. The molecule has 0 saturated heterocycles. The van der Waals surface area contributed by atoms with Crippen molar-refractivity contribution in [1.82, 2.24) is 5.32 Å². The molecule has 0 spiro atoms. The van der Waals surface area contributed by atoms with Crippen molar-refractivity contribution in [1.29, 1.82) is 0 Å². The van der Waals surface area contributed by atoms with Gasteiger partial charge in [-0.3, -0.25) is 9.59 Å². The van der Waals surface area contributed by atoms with Crippen molar-refractivity contribution in [2.45, 2.75) is 39.0 Å². The predicted molar refractivity (Wildman–Crippen MR) is 64.8 cm³/mol. The number of methoxy groups -OCH3 is 1. The lowest BCUT2D eigenvalue weighted by Gasteiger charge is -2.10. The van der Waals surface area contributed by atoms with Crippen LogP contribution >= 0.6 is 0 Å². The first-order valence-electron chi connectivity index (χ1n) is 6.03. The van der Waals surface area contributed by atoms with Gasteiger partial charge in [0.2, 0.25) is 5.91 Å². The van der Waals surface area contributed by atoms with Crippen molar-refractivity contribution in [3.05, 3.63) is 0 Å². The van der Waals surface area contributed by atoms with Crippen LogP contribution in [0.2, 0.25) is 0 Å². The van der Waals surface area contributed by atoms with Crippen LogP contribution in [-0.2, 0) is 14.3 Å². The molecule has 1 amide bonds. The lowest BCUT2D eigenvalue weighted by molar-refractivity contribution is -0.137. The number of rotatable bonds is 10. The largest absolute Gasteiger partial charge is 0.481 e. The number of ether oxygens (including phenoxy) is 1. The Labute approximate surface area is 103 Å². The Morgan fingerprint density at radius 1 is 1.29 bits per heavy atom. The van der Waals surface area contributed by atoms with Crippen molar-refractivity contribution < 1.29 is 19.4 Å². The van der Waals surface area contributed by atoms with Crippen molar-refractivity contribution in [2.75, 3.05) is 20.3 Å². The molecule has 1 unspecified atom stereocenters. The molecular formula is C12H23NO4. The first-order valence-corrected chi connectivity index (χ1v) is 6.03. The highest BCUT2D eigenvalue weighted by atomic mass is 16.5. The SMILES string of the molecule is COCCCC(=O)NCCC(C)CCC(=O)O. The highest BCUT2D eigenvalue weighted by Crippen LogP contribution is 2.09. The maximum atomic E-state index is 11.3. The lowest BCUT2D eigenvalue weighted by Crippen LogP contribution is -2.25. The number of amides is 1. The van der Waals surface area contributed by atoms with Gasteiger partial charge in [0, 0.05) is 33.1 Å². The van der Waals surface area contributed by atoms with E-state index in [1.807, 2.05) is 6.92 Å². The quantitative estimate of drug-likeness (QED) is 0.571. The molecule has 100 valence electrons. The molecule has 0 rings (SSSR count). The van der Waals surface area contributed by atoms with Crippen LogP contribution in [0.15, 0.2) is 0 Å². The van der Waals surface area contributed by atoms with Crippen LogP contribution in [0.4, 0.5) is 0 Å². The summed E-state index contributed by atoms with van der Waals surface area (Å²) in [5.41, 5.74) is 0. The smallest absolute Gasteiger partial charge is 0.303 e. The van der Waals surface area contributed by atoms with Gasteiger partial charge < -0.3 is 15.2 Å². The molecule has 0 aliphatic carbocycles. The predicted octanol–water partition coefficient (Wildman–Crippen LogP) is 1.42. The first-order chi connectivity index (χ1) is 8.06. The Morgan fingerprint density at radius 3 is 2.59 bits per heavy atom. The number of carbonyl (C=O) groups is 2. The molecule has 0 bridgehead atoms. The molecule has 0 heterocycles. The number of aliphatic carboxylic acids is 1. The van der Waals surface area contributed by atoms with Crippen molar-refractivity contribution in [3.8, 4) is 0 Å². The van der Waals surface area contributed by atoms with Gasteiger partial charge >= 0.3 is 5.97 Å². The number of nitrogens with one attached hydrogen (secondary N) is 1. The van der Waals surface area contributed by atoms with E-state index >= 15 is 0 Å². The molecule has 5 heteroatoms. The topological polar surface area (TPSA) is 75.6 Å². The van der Waals surface area contributed by atoms with E-state index < -0.39 is 5.97 Å². The van der Waals surface area contributed by atoms with E-state index in [0.29, 0.717) is 31.9 Å². The average molecular weight is 245 g/mol. The highest BCUT2D eigenvalue weighted by molar-refractivity contribution is 5.75. The zero-order valence-electron chi connectivity index (χ0n) is 10.7. The minimum Gasteiger partial charge on any atom is -0.481 e. The van der Waals surface area contributed by atoms with Crippen molar-refractivity contribution in [3.63, 3.8) is 0 Å². The fourth-order valence-corrected chi connectivity index (χ4v) is 1.44. The Bertz CT molecular complexity index is 231. The summed E-state index contributed by atoms with van der Waals surface area (Å²) in [5.74, 6) is -0.404. The number of carbonyl (C=O) groups excluding carboxylic acids is 1. The van der Waals surface area contributed by atoms with E-state index in [9.17, 15) is 9.59 Å².